The topological polar surface area (TPSA) is 55.4 Å². The first-order valence-electron chi connectivity index (χ1n) is 8.65. The van der Waals surface area contributed by atoms with E-state index >= 15 is 0 Å². The first kappa shape index (κ1) is 20.2. The molecule has 1 amide bonds. The van der Waals surface area contributed by atoms with Crippen LogP contribution in [0.15, 0.2) is 46.9 Å². The summed E-state index contributed by atoms with van der Waals surface area (Å²) in [7, 11) is 0. The first-order valence-corrected chi connectivity index (χ1v) is 9.45. The van der Waals surface area contributed by atoms with E-state index in [0.717, 1.165) is 27.6 Å². The van der Waals surface area contributed by atoms with Crippen molar-refractivity contribution in [1.82, 2.24) is 5.32 Å². The summed E-state index contributed by atoms with van der Waals surface area (Å²) in [5, 5.41) is 2.91. The molecule has 0 aromatic heterocycles. The van der Waals surface area contributed by atoms with E-state index in [9.17, 15) is 9.59 Å². The standard InChI is InChI=1S/C21H24BrNO3/c1-4-19(17-7-9-18(22)10-8-17)23-20(24)13-26-21(25)12-16-6-5-14(2)15(3)11-16/h5-11,19H,4,12-13H2,1-3H3,(H,23,24)/t19-/m1/s1. The Morgan fingerprint density at radius 2 is 1.77 bits per heavy atom. The highest BCUT2D eigenvalue weighted by Crippen LogP contribution is 2.19. The lowest BCUT2D eigenvalue weighted by Gasteiger charge is -2.17. The van der Waals surface area contributed by atoms with Crippen molar-refractivity contribution >= 4 is 27.8 Å². The van der Waals surface area contributed by atoms with E-state index in [1.807, 2.05) is 63.2 Å². The van der Waals surface area contributed by atoms with Gasteiger partial charge in [0.05, 0.1) is 12.5 Å². The number of hydrogen-bond donors (Lipinski definition) is 1. The molecule has 0 heterocycles. The second kappa shape index (κ2) is 9.53. The summed E-state index contributed by atoms with van der Waals surface area (Å²) in [6.07, 6.45) is 0.919. The second-order valence-electron chi connectivity index (χ2n) is 6.34. The van der Waals surface area contributed by atoms with Crippen molar-refractivity contribution < 1.29 is 14.3 Å². The lowest BCUT2D eigenvalue weighted by Crippen LogP contribution is -2.32. The summed E-state index contributed by atoms with van der Waals surface area (Å²) in [6.45, 7) is 5.76. The number of carbonyl (C=O) groups excluding carboxylic acids is 2. The number of nitrogens with one attached hydrogen (secondary N) is 1. The molecule has 0 aliphatic rings. The molecule has 1 N–H and O–H groups in total. The van der Waals surface area contributed by atoms with Crippen molar-refractivity contribution in [1.29, 1.82) is 0 Å². The molecule has 0 saturated carbocycles. The zero-order chi connectivity index (χ0) is 19.1. The number of rotatable bonds is 7. The van der Waals surface area contributed by atoms with E-state index in [1.165, 1.54) is 5.56 Å². The number of halogens is 1. The molecule has 138 valence electrons. The zero-order valence-corrected chi connectivity index (χ0v) is 16.9. The number of carbonyl (C=O) groups is 2. The van der Waals surface area contributed by atoms with E-state index in [2.05, 4.69) is 21.2 Å². The molecule has 0 aliphatic carbocycles. The molecular formula is C21H24BrNO3. The molecule has 2 rings (SSSR count). The molecule has 26 heavy (non-hydrogen) atoms. The van der Waals surface area contributed by atoms with Crippen LogP contribution in [0.4, 0.5) is 0 Å². The van der Waals surface area contributed by atoms with Gasteiger partial charge < -0.3 is 10.1 Å². The Balaban J connectivity index is 1.83. The highest BCUT2D eigenvalue weighted by Gasteiger charge is 2.14. The van der Waals surface area contributed by atoms with Gasteiger partial charge in [-0.2, -0.15) is 0 Å². The quantitative estimate of drug-likeness (QED) is 0.678. The number of hydrogen-bond acceptors (Lipinski definition) is 3. The molecule has 4 nitrogen and oxygen atoms in total. The lowest BCUT2D eigenvalue weighted by atomic mass is 10.0. The lowest BCUT2D eigenvalue weighted by molar-refractivity contribution is -0.148. The molecule has 1 atom stereocenters. The van der Waals surface area contributed by atoms with Gasteiger partial charge in [-0.3, -0.25) is 9.59 Å². The minimum absolute atomic E-state index is 0.103. The largest absolute Gasteiger partial charge is 0.455 e. The summed E-state index contributed by atoms with van der Waals surface area (Å²) in [5.41, 5.74) is 4.22. The number of amides is 1. The van der Waals surface area contributed by atoms with Gasteiger partial charge >= 0.3 is 5.97 Å². The maximum atomic E-state index is 12.1. The van der Waals surface area contributed by atoms with E-state index in [0.29, 0.717) is 0 Å². The van der Waals surface area contributed by atoms with E-state index in [-0.39, 0.29) is 25.0 Å². The van der Waals surface area contributed by atoms with Crippen LogP contribution in [-0.2, 0) is 20.7 Å². The van der Waals surface area contributed by atoms with Gasteiger partial charge in [-0.1, -0.05) is 53.2 Å². The Morgan fingerprint density at radius 3 is 2.38 bits per heavy atom. The van der Waals surface area contributed by atoms with E-state index in [4.69, 9.17) is 4.74 Å². The molecule has 2 aromatic carbocycles. The van der Waals surface area contributed by atoms with Crippen LogP contribution in [0.5, 0.6) is 0 Å². The Kier molecular flexibility index (Phi) is 7.39. The van der Waals surface area contributed by atoms with Crippen molar-refractivity contribution in [2.75, 3.05) is 6.61 Å². The van der Waals surface area contributed by atoms with Crippen LogP contribution in [0.1, 0.15) is 41.6 Å². The van der Waals surface area contributed by atoms with Crippen molar-refractivity contribution in [3.8, 4) is 0 Å². The van der Waals surface area contributed by atoms with E-state index in [1.54, 1.807) is 0 Å². The molecule has 0 radical (unpaired) electrons. The molecule has 0 fully saturated rings. The molecule has 0 aliphatic heterocycles. The van der Waals surface area contributed by atoms with Gasteiger partial charge in [-0.05, 0) is 54.7 Å². The van der Waals surface area contributed by atoms with Crippen molar-refractivity contribution in [2.24, 2.45) is 0 Å². The van der Waals surface area contributed by atoms with Crippen LogP contribution >= 0.6 is 15.9 Å². The third-order valence-electron chi connectivity index (χ3n) is 4.30. The second-order valence-corrected chi connectivity index (χ2v) is 7.25. The predicted octanol–water partition coefficient (Wildman–Crippen LogP) is 4.42. The third-order valence-corrected chi connectivity index (χ3v) is 4.83. The van der Waals surface area contributed by atoms with Gasteiger partial charge in [0.2, 0.25) is 0 Å². The Hall–Kier alpha value is -2.14. The van der Waals surface area contributed by atoms with Gasteiger partial charge in [0.1, 0.15) is 0 Å². The summed E-state index contributed by atoms with van der Waals surface area (Å²) in [5.74, 6) is -0.701. The van der Waals surface area contributed by atoms with Crippen molar-refractivity contribution in [3.63, 3.8) is 0 Å². The maximum Gasteiger partial charge on any atom is 0.310 e. The highest BCUT2D eigenvalue weighted by atomic mass is 79.9. The molecule has 0 bridgehead atoms. The predicted molar refractivity (Wildman–Crippen MR) is 106 cm³/mol. The Bertz CT molecular complexity index is 771. The molecule has 0 spiro atoms. The minimum atomic E-state index is -0.403. The van der Waals surface area contributed by atoms with Gasteiger partial charge in [0.15, 0.2) is 6.61 Å². The third kappa shape index (κ3) is 5.99. The normalized spacial score (nSPS) is 11.7. The van der Waals surface area contributed by atoms with E-state index < -0.39 is 5.97 Å². The Morgan fingerprint density at radius 1 is 1.08 bits per heavy atom. The molecule has 0 unspecified atom stereocenters. The minimum Gasteiger partial charge on any atom is -0.455 e. The van der Waals surface area contributed by atoms with Crippen LogP contribution in [0.2, 0.25) is 0 Å². The molecule has 2 aromatic rings. The van der Waals surface area contributed by atoms with Gasteiger partial charge in [0, 0.05) is 4.47 Å². The number of aryl methyl sites for hydroxylation is 2. The first-order chi connectivity index (χ1) is 12.4. The van der Waals surface area contributed by atoms with Crippen LogP contribution in [0.3, 0.4) is 0 Å². The van der Waals surface area contributed by atoms with Crippen LogP contribution in [-0.4, -0.2) is 18.5 Å². The zero-order valence-electron chi connectivity index (χ0n) is 15.3. The SMILES string of the molecule is CC[C@@H](NC(=O)COC(=O)Cc1ccc(C)c(C)c1)c1ccc(Br)cc1. The van der Waals surface area contributed by atoms with Gasteiger partial charge in [0.25, 0.3) is 5.91 Å². The maximum absolute atomic E-state index is 12.1. The van der Waals surface area contributed by atoms with Gasteiger partial charge in [-0.15, -0.1) is 0 Å². The number of benzene rings is 2. The fourth-order valence-electron chi connectivity index (χ4n) is 2.63. The summed E-state index contributed by atoms with van der Waals surface area (Å²) in [6, 6.07) is 13.6. The molecule has 0 saturated heterocycles. The fraction of sp³-hybridized carbons (Fsp3) is 0.333. The summed E-state index contributed by atoms with van der Waals surface area (Å²) >= 11 is 3.40. The molecular weight excluding hydrogens is 394 g/mol. The summed E-state index contributed by atoms with van der Waals surface area (Å²) < 4.78 is 6.11. The van der Waals surface area contributed by atoms with Crippen LogP contribution in [0, 0.1) is 13.8 Å². The fourth-order valence-corrected chi connectivity index (χ4v) is 2.89. The van der Waals surface area contributed by atoms with Crippen LogP contribution in [0.25, 0.3) is 0 Å². The summed E-state index contributed by atoms with van der Waals surface area (Å²) in [4.78, 5) is 24.1. The van der Waals surface area contributed by atoms with Crippen LogP contribution < -0.4 is 5.32 Å². The highest BCUT2D eigenvalue weighted by molar-refractivity contribution is 9.10. The Labute approximate surface area is 163 Å². The monoisotopic (exact) mass is 417 g/mol. The number of esters is 1. The van der Waals surface area contributed by atoms with Crippen molar-refractivity contribution in [3.05, 3.63) is 69.2 Å². The average molecular weight is 418 g/mol. The van der Waals surface area contributed by atoms with Gasteiger partial charge in [-0.25, -0.2) is 0 Å². The smallest absolute Gasteiger partial charge is 0.310 e. The average Bonchev–Trinajstić information content (AvgIpc) is 2.62. The molecule has 5 heteroatoms. The van der Waals surface area contributed by atoms with Crippen molar-refractivity contribution in [2.45, 2.75) is 39.7 Å². The number of ether oxygens (including phenoxy) is 1.